The molecule has 0 aliphatic carbocycles. The number of carboxylic acid groups (broad SMARTS) is 1. The van der Waals surface area contributed by atoms with Gasteiger partial charge in [-0.2, -0.15) is 0 Å². The maximum atomic E-state index is 12.0. The molecule has 16 heavy (non-hydrogen) atoms. The van der Waals surface area contributed by atoms with E-state index >= 15 is 0 Å². The number of carbonyl (C=O) groups is 2. The fraction of sp³-hybridized carbons (Fsp3) is 0.667. The van der Waals surface area contributed by atoms with E-state index in [1.54, 1.807) is 24.8 Å². The summed E-state index contributed by atoms with van der Waals surface area (Å²) >= 11 is 0. The number of hydrogen-bond donors (Lipinski definition) is 1. The lowest BCUT2D eigenvalue weighted by atomic mass is 9.94. The van der Waals surface area contributed by atoms with Crippen LogP contribution in [-0.2, 0) is 9.59 Å². The second kappa shape index (κ2) is 7.04. The molecule has 0 aliphatic heterocycles. The Morgan fingerprint density at radius 3 is 2.31 bits per heavy atom. The number of rotatable bonds is 7. The molecule has 0 bridgehead atoms. The average molecular weight is 227 g/mol. The fourth-order valence-corrected chi connectivity index (χ4v) is 1.43. The third kappa shape index (κ3) is 4.04. The minimum absolute atomic E-state index is 0.114. The number of nitrogens with zero attached hydrogens (tertiary/aromatic N) is 1. The summed E-state index contributed by atoms with van der Waals surface area (Å²) in [7, 11) is 0. The second-order valence-corrected chi connectivity index (χ2v) is 3.99. The van der Waals surface area contributed by atoms with Gasteiger partial charge in [0.2, 0.25) is 5.91 Å². The number of carbonyl (C=O) groups excluding carboxylic acids is 1. The first-order valence-corrected chi connectivity index (χ1v) is 5.58. The zero-order valence-corrected chi connectivity index (χ0v) is 10.3. The molecule has 0 aromatic rings. The molecule has 0 saturated carbocycles. The van der Waals surface area contributed by atoms with Crippen molar-refractivity contribution in [2.75, 3.05) is 13.1 Å². The Labute approximate surface area is 96.9 Å². The van der Waals surface area contributed by atoms with Crippen LogP contribution in [0.5, 0.6) is 0 Å². The summed E-state index contributed by atoms with van der Waals surface area (Å²) in [5.74, 6) is -2.20. The van der Waals surface area contributed by atoms with Crippen molar-refractivity contribution in [1.29, 1.82) is 0 Å². The molecule has 0 saturated heterocycles. The minimum Gasteiger partial charge on any atom is -0.481 e. The van der Waals surface area contributed by atoms with Gasteiger partial charge in [-0.05, 0) is 6.42 Å². The first-order valence-electron chi connectivity index (χ1n) is 5.58. The van der Waals surface area contributed by atoms with Gasteiger partial charge in [0, 0.05) is 19.0 Å². The molecule has 2 unspecified atom stereocenters. The first kappa shape index (κ1) is 14.7. The van der Waals surface area contributed by atoms with Crippen LogP contribution in [0, 0.1) is 11.8 Å². The Bertz CT molecular complexity index is 259. The number of aliphatic carboxylic acids is 1. The monoisotopic (exact) mass is 227 g/mol. The van der Waals surface area contributed by atoms with Crippen molar-refractivity contribution in [3.8, 4) is 0 Å². The lowest BCUT2D eigenvalue weighted by Crippen LogP contribution is -2.39. The molecule has 0 aliphatic rings. The van der Waals surface area contributed by atoms with Crippen LogP contribution in [-0.4, -0.2) is 35.0 Å². The molecule has 0 aromatic heterocycles. The van der Waals surface area contributed by atoms with Crippen molar-refractivity contribution in [3.05, 3.63) is 12.7 Å². The highest BCUT2D eigenvalue weighted by Gasteiger charge is 2.28. The highest BCUT2D eigenvalue weighted by Crippen LogP contribution is 2.14. The smallest absolute Gasteiger partial charge is 0.307 e. The summed E-state index contributed by atoms with van der Waals surface area (Å²) in [4.78, 5) is 24.4. The highest BCUT2D eigenvalue weighted by atomic mass is 16.4. The number of amides is 1. The number of hydrogen-bond acceptors (Lipinski definition) is 2. The predicted octanol–water partition coefficient (Wildman–Crippen LogP) is 1.77. The molecule has 0 fully saturated rings. The van der Waals surface area contributed by atoms with Crippen LogP contribution in [0.3, 0.4) is 0 Å². The van der Waals surface area contributed by atoms with Gasteiger partial charge in [-0.3, -0.25) is 9.59 Å². The second-order valence-electron chi connectivity index (χ2n) is 3.99. The van der Waals surface area contributed by atoms with Crippen molar-refractivity contribution in [2.24, 2.45) is 11.8 Å². The summed E-state index contributed by atoms with van der Waals surface area (Å²) in [5.41, 5.74) is 0. The van der Waals surface area contributed by atoms with E-state index in [-0.39, 0.29) is 5.91 Å². The van der Waals surface area contributed by atoms with Gasteiger partial charge in [0.15, 0.2) is 0 Å². The molecule has 0 radical (unpaired) electrons. The van der Waals surface area contributed by atoms with Gasteiger partial charge in [0.1, 0.15) is 0 Å². The topological polar surface area (TPSA) is 57.6 Å². The Balaban J connectivity index is 4.58. The van der Waals surface area contributed by atoms with Crippen molar-refractivity contribution < 1.29 is 14.7 Å². The maximum absolute atomic E-state index is 12.0. The fourth-order valence-electron chi connectivity index (χ4n) is 1.43. The van der Waals surface area contributed by atoms with E-state index in [4.69, 9.17) is 5.11 Å². The van der Waals surface area contributed by atoms with Crippen molar-refractivity contribution in [1.82, 2.24) is 4.90 Å². The van der Waals surface area contributed by atoms with Crippen molar-refractivity contribution >= 4 is 11.9 Å². The van der Waals surface area contributed by atoms with Crippen LogP contribution in [0.2, 0.25) is 0 Å². The van der Waals surface area contributed by atoms with E-state index < -0.39 is 17.8 Å². The predicted molar refractivity (Wildman–Crippen MR) is 63.0 cm³/mol. The van der Waals surface area contributed by atoms with Crippen LogP contribution in [0.1, 0.15) is 27.2 Å². The Hall–Kier alpha value is -1.32. The molecule has 0 rings (SSSR count). The molecule has 0 spiro atoms. The third-order valence-corrected chi connectivity index (χ3v) is 2.68. The molecule has 92 valence electrons. The molecule has 1 amide bonds. The minimum atomic E-state index is -0.934. The van der Waals surface area contributed by atoms with Gasteiger partial charge in [-0.25, -0.2) is 0 Å². The van der Waals surface area contributed by atoms with Gasteiger partial charge in [0.25, 0.3) is 0 Å². The maximum Gasteiger partial charge on any atom is 0.307 e. The van der Waals surface area contributed by atoms with E-state index in [2.05, 4.69) is 6.58 Å². The van der Waals surface area contributed by atoms with Crippen LogP contribution < -0.4 is 0 Å². The van der Waals surface area contributed by atoms with E-state index in [9.17, 15) is 9.59 Å². The van der Waals surface area contributed by atoms with Crippen LogP contribution in [0.25, 0.3) is 0 Å². The Kier molecular flexibility index (Phi) is 6.46. The van der Waals surface area contributed by atoms with Gasteiger partial charge in [-0.15, -0.1) is 6.58 Å². The van der Waals surface area contributed by atoms with Crippen LogP contribution >= 0.6 is 0 Å². The van der Waals surface area contributed by atoms with E-state index in [0.717, 1.165) is 6.42 Å². The molecule has 1 N–H and O–H groups in total. The average Bonchev–Trinajstić information content (AvgIpc) is 2.25. The zero-order chi connectivity index (χ0) is 12.7. The van der Waals surface area contributed by atoms with Gasteiger partial charge in [0.05, 0.1) is 5.92 Å². The lowest BCUT2D eigenvalue weighted by molar-refractivity contribution is -0.148. The molecule has 4 nitrogen and oxygen atoms in total. The van der Waals surface area contributed by atoms with E-state index in [1.807, 2.05) is 6.92 Å². The summed E-state index contributed by atoms with van der Waals surface area (Å²) in [6.07, 6.45) is 2.51. The van der Waals surface area contributed by atoms with Crippen LogP contribution in [0.15, 0.2) is 12.7 Å². The first-order chi connectivity index (χ1) is 7.45. The van der Waals surface area contributed by atoms with Gasteiger partial charge < -0.3 is 10.0 Å². The molecule has 0 aromatic carbocycles. The standard InChI is InChI=1S/C12H21NO3/c1-5-7-13(8-6-2)11(14)9(3)10(4)12(15)16/h5,9-10H,1,6-8H2,2-4H3,(H,15,16). The summed E-state index contributed by atoms with van der Waals surface area (Å²) in [6.45, 7) is 9.91. The Morgan fingerprint density at radius 1 is 1.38 bits per heavy atom. The highest BCUT2D eigenvalue weighted by molar-refractivity contribution is 5.84. The van der Waals surface area contributed by atoms with Crippen molar-refractivity contribution in [2.45, 2.75) is 27.2 Å². The summed E-state index contributed by atoms with van der Waals surface area (Å²) in [5, 5.41) is 8.85. The Morgan fingerprint density at radius 2 is 1.94 bits per heavy atom. The molecule has 4 heteroatoms. The zero-order valence-electron chi connectivity index (χ0n) is 10.3. The summed E-state index contributed by atoms with van der Waals surface area (Å²) in [6, 6.07) is 0. The quantitative estimate of drug-likeness (QED) is 0.674. The van der Waals surface area contributed by atoms with Gasteiger partial charge >= 0.3 is 5.97 Å². The van der Waals surface area contributed by atoms with E-state index in [1.165, 1.54) is 0 Å². The molecular weight excluding hydrogens is 206 g/mol. The number of carboxylic acids is 1. The largest absolute Gasteiger partial charge is 0.481 e. The SMILES string of the molecule is C=CCN(CCC)C(=O)C(C)C(C)C(=O)O. The third-order valence-electron chi connectivity index (χ3n) is 2.68. The van der Waals surface area contributed by atoms with Crippen molar-refractivity contribution in [3.63, 3.8) is 0 Å². The normalized spacial score (nSPS) is 13.9. The molecule has 0 heterocycles. The lowest BCUT2D eigenvalue weighted by Gasteiger charge is -2.25. The van der Waals surface area contributed by atoms with Gasteiger partial charge in [-0.1, -0.05) is 26.8 Å². The van der Waals surface area contributed by atoms with Crippen LogP contribution in [0.4, 0.5) is 0 Å². The summed E-state index contributed by atoms with van der Waals surface area (Å²) < 4.78 is 0. The van der Waals surface area contributed by atoms with E-state index in [0.29, 0.717) is 13.1 Å². The molecule has 2 atom stereocenters. The molecular formula is C12H21NO3.